The molecule has 0 aliphatic rings. The average molecular weight is 200 g/mol. The van der Waals surface area contributed by atoms with Crippen molar-refractivity contribution in [3.8, 4) is 0 Å². The summed E-state index contributed by atoms with van der Waals surface area (Å²) in [4.78, 5) is 8.02. The van der Waals surface area contributed by atoms with Crippen molar-refractivity contribution in [2.45, 2.75) is 0 Å². The normalized spacial score (nSPS) is 10.7. The van der Waals surface area contributed by atoms with Crippen LogP contribution in [0.15, 0.2) is 53.8 Å². The molecule has 2 rings (SSSR count). The molecule has 74 valence electrons. The van der Waals surface area contributed by atoms with E-state index in [1.54, 1.807) is 36.7 Å². The van der Waals surface area contributed by atoms with Crippen molar-refractivity contribution in [1.29, 1.82) is 0 Å². The molecule has 2 nitrogen and oxygen atoms in total. The van der Waals surface area contributed by atoms with Gasteiger partial charge in [-0.15, -0.1) is 0 Å². The second kappa shape index (κ2) is 4.46. The molecule has 0 aliphatic carbocycles. The molecule has 1 aromatic heterocycles. The van der Waals surface area contributed by atoms with Gasteiger partial charge in [0.2, 0.25) is 0 Å². The Morgan fingerprint density at radius 3 is 2.73 bits per heavy atom. The molecule has 0 fully saturated rings. The summed E-state index contributed by atoms with van der Waals surface area (Å²) in [5.74, 6) is -0.273. The monoisotopic (exact) mass is 200 g/mol. The number of aromatic nitrogens is 1. The fourth-order valence-electron chi connectivity index (χ4n) is 1.15. The van der Waals surface area contributed by atoms with Crippen LogP contribution in [-0.4, -0.2) is 11.2 Å². The summed E-state index contributed by atoms with van der Waals surface area (Å²) < 4.78 is 13.2. The van der Waals surface area contributed by atoms with Crippen molar-refractivity contribution in [2.75, 3.05) is 0 Å². The highest BCUT2D eigenvalue weighted by Crippen LogP contribution is 2.09. The summed E-state index contributed by atoms with van der Waals surface area (Å²) in [6, 6.07) is 10.1. The Balaban J connectivity index is 2.23. The molecule has 1 aromatic carbocycles. The van der Waals surface area contributed by atoms with E-state index in [1.165, 1.54) is 12.3 Å². The van der Waals surface area contributed by atoms with Crippen LogP contribution >= 0.6 is 0 Å². The van der Waals surface area contributed by atoms with Crippen LogP contribution in [0.25, 0.3) is 0 Å². The van der Waals surface area contributed by atoms with Crippen LogP contribution in [-0.2, 0) is 0 Å². The van der Waals surface area contributed by atoms with Gasteiger partial charge in [0, 0.05) is 18.0 Å². The van der Waals surface area contributed by atoms with Crippen LogP contribution in [0, 0.1) is 5.82 Å². The van der Waals surface area contributed by atoms with Crippen LogP contribution in [0.2, 0.25) is 0 Å². The van der Waals surface area contributed by atoms with Crippen molar-refractivity contribution >= 4 is 11.9 Å². The van der Waals surface area contributed by atoms with Gasteiger partial charge in [-0.2, -0.15) is 0 Å². The van der Waals surface area contributed by atoms with Gasteiger partial charge in [0.25, 0.3) is 0 Å². The lowest BCUT2D eigenvalue weighted by atomic mass is 10.2. The Morgan fingerprint density at radius 2 is 2.00 bits per heavy atom. The Kier molecular flexibility index (Phi) is 2.83. The van der Waals surface area contributed by atoms with Gasteiger partial charge in [-0.25, -0.2) is 4.39 Å². The first-order valence-corrected chi connectivity index (χ1v) is 4.55. The average Bonchev–Trinajstić information content (AvgIpc) is 2.29. The standard InChI is InChI=1S/C12H9FN2/c13-12-6-2-1-4-10(12)8-15-11-5-3-7-14-9-11/h1-9H. The summed E-state index contributed by atoms with van der Waals surface area (Å²) in [5.41, 5.74) is 1.18. The highest BCUT2D eigenvalue weighted by Gasteiger charge is 1.95. The molecule has 0 radical (unpaired) electrons. The summed E-state index contributed by atoms with van der Waals surface area (Å²) in [5, 5.41) is 0. The first-order valence-electron chi connectivity index (χ1n) is 4.55. The number of halogens is 1. The maximum atomic E-state index is 13.2. The van der Waals surface area contributed by atoms with Crippen LogP contribution in [0.1, 0.15) is 5.56 Å². The molecule has 0 aliphatic heterocycles. The van der Waals surface area contributed by atoms with Crippen molar-refractivity contribution in [2.24, 2.45) is 4.99 Å². The minimum absolute atomic E-state index is 0.273. The summed E-state index contributed by atoms with van der Waals surface area (Å²) in [6.45, 7) is 0. The topological polar surface area (TPSA) is 25.2 Å². The van der Waals surface area contributed by atoms with Gasteiger partial charge in [0.15, 0.2) is 0 Å². The number of aliphatic imine (C=N–C) groups is 1. The number of benzene rings is 1. The molecule has 1 heterocycles. The van der Waals surface area contributed by atoms with Crippen LogP contribution in [0.5, 0.6) is 0 Å². The van der Waals surface area contributed by atoms with Crippen LogP contribution in [0.3, 0.4) is 0 Å². The Labute approximate surface area is 87.1 Å². The second-order valence-electron chi connectivity index (χ2n) is 2.99. The number of rotatable bonds is 2. The third-order valence-electron chi connectivity index (χ3n) is 1.90. The minimum Gasteiger partial charge on any atom is -0.262 e. The predicted octanol–water partition coefficient (Wildman–Crippen LogP) is 2.97. The molecule has 0 bridgehead atoms. The van der Waals surface area contributed by atoms with Crippen molar-refractivity contribution < 1.29 is 4.39 Å². The van der Waals surface area contributed by atoms with E-state index in [9.17, 15) is 4.39 Å². The van der Waals surface area contributed by atoms with E-state index in [-0.39, 0.29) is 5.82 Å². The molecular formula is C12H9FN2. The Bertz CT molecular complexity index is 466. The summed E-state index contributed by atoms with van der Waals surface area (Å²) >= 11 is 0. The lowest BCUT2D eigenvalue weighted by Crippen LogP contribution is -1.85. The van der Waals surface area contributed by atoms with Crippen LogP contribution < -0.4 is 0 Å². The Morgan fingerprint density at radius 1 is 1.13 bits per heavy atom. The number of pyridine rings is 1. The van der Waals surface area contributed by atoms with Gasteiger partial charge in [-0.3, -0.25) is 9.98 Å². The Hall–Kier alpha value is -2.03. The minimum atomic E-state index is -0.273. The van der Waals surface area contributed by atoms with E-state index < -0.39 is 0 Å². The molecule has 0 unspecified atom stereocenters. The van der Waals surface area contributed by atoms with Gasteiger partial charge < -0.3 is 0 Å². The SMILES string of the molecule is Fc1ccccc1C=Nc1cccnc1. The number of hydrogen-bond donors (Lipinski definition) is 0. The molecular weight excluding hydrogens is 191 g/mol. The first-order chi connectivity index (χ1) is 7.36. The van der Waals surface area contributed by atoms with E-state index in [2.05, 4.69) is 9.98 Å². The van der Waals surface area contributed by atoms with Gasteiger partial charge >= 0.3 is 0 Å². The third kappa shape index (κ3) is 2.47. The molecule has 0 N–H and O–H groups in total. The van der Waals surface area contributed by atoms with Crippen molar-refractivity contribution in [3.05, 3.63) is 60.2 Å². The fourth-order valence-corrected chi connectivity index (χ4v) is 1.15. The molecule has 0 saturated heterocycles. The lowest BCUT2D eigenvalue weighted by Gasteiger charge is -1.94. The van der Waals surface area contributed by atoms with Crippen molar-refractivity contribution in [1.82, 2.24) is 4.98 Å². The smallest absolute Gasteiger partial charge is 0.131 e. The molecule has 3 heteroatoms. The molecule has 0 saturated carbocycles. The van der Waals surface area contributed by atoms with E-state index in [0.717, 1.165) is 0 Å². The zero-order valence-corrected chi connectivity index (χ0v) is 7.97. The molecule has 2 aromatic rings. The van der Waals surface area contributed by atoms with E-state index in [0.29, 0.717) is 11.3 Å². The zero-order chi connectivity index (χ0) is 10.5. The molecule has 0 spiro atoms. The highest BCUT2D eigenvalue weighted by atomic mass is 19.1. The maximum absolute atomic E-state index is 13.2. The lowest BCUT2D eigenvalue weighted by molar-refractivity contribution is 0.626. The van der Waals surface area contributed by atoms with Crippen molar-refractivity contribution in [3.63, 3.8) is 0 Å². The van der Waals surface area contributed by atoms with Crippen LogP contribution in [0.4, 0.5) is 10.1 Å². The number of hydrogen-bond acceptors (Lipinski definition) is 2. The van der Waals surface area contributed by atoms with E-state index in [1.807, 2.05) is 6.07 Å². The molecule has 0 amide bonds. The molecule has 15 heavy (non-hydrogen) atoms. The summed E-state index contributed by atoms with van der Waals surface area (Å²) in [6.07, 6.45) is 4.78. The zero-order valence-electron chi connectivity index (χ0n) is 7.97. The summed E-state index contributed by atoms with van der Waals surface area (Å²) in [7, 11) is 0. The van der Waals surface area contributed by atoms with Gasteiger partial charge in [0.05, 0.1) is 11.9 Å². The van der Waals surface area contributed by atoms with Gasteiger partial charge in [-0.1, -0.05) is 18.2 Å². The first kappa shape index (κ1) is 9.52. The van der Waals surface area contributed by atoms with E-state index >= 15 is 0 Å². The largest absolute Gasteiger partial charge is 0.262 e. The number of nitrogens with zero attached hydrogens (tertiary/aromatic N) is 2. The quantitative estimate of drug-likeness (QED) is 0.684. The van der Waals surface area contributed by atoms with E-state index in [4.69, 9.17) is 0 Å². The molecule has 0 atom stereocenters. The van der Waals surface area contributed by atoms with Gasteiger partial charge in [-0.05, 0) is 18.2 Å². The predicted molar refractivity (Wildman–Crippen MR) is 57.9 cm³/mol. The fraction of sp³-hybridized carbons (Fsp3) is 0. The third-order valence-corrected chi connectivity index (χ3v) is 1.90. The van der Waals surface area contributed by atoms with Gasteiger partial charge in [0.1, 0.15) is 5.82 Å². The second-order valence-corrected chi connectivity index (χ2v) is 2.99. The highest BCUT2D eigenvalue weighted by molar-refractivity contribution is 5.82. The maximum Gasteiger partial charge on any atom is 0.131 e.